The van der Waals surface area contributed by atoms with Gasteiger partial charge in [0.2, 0.25) is 0 Å². The zero-order valence-corrected chi connectivity index (χ0v) is 14.4. The molecule has 6 nitrogen and oxygen atoms in total. The lowest BCUT2D eigenvalue weighted by atomic mass is 9.97. The van der Waals surface area contributed by atoms with Gasteiger partial charge in [-0.25, -0.2) is 4.79 Å². The second-order valence-electron chi connectivity index (χ2n) is 6.19. The predicted octanol–water partition coefficient (Wildman–Crippen LogP) is 2.67. The first kappa shape index (κ1) is 17.5. The Hall–Kier alpha value is -1.85. The molecule has 0 radical (unpaired) electrons. The Kier molecular flexibility index (Phi) is 7.10. The van der Waals surface area contributed by atoms with E-state index in [1.54, 1.807) is 6.33 Å². The number of carbonyl (C=O) groups excluding carboxylic acids is 1. The molecule has 6 heteroatoms. The van der Waals surface area contributed by atoms with Crippen LogP contribution in [0.4, 0.5) is 4.79 Å². The zero-order valence-electron chi connectivity index (χ0n) is 14.4. The van der Waals surface area contributed by atoms with Crippen LogP contribution >= 0.6 is 0 Å². The SMILES string of the molecule is CCCN(CCC1=CCCCC1)C(=O)NCCc1nncn1C. The average molecular weight is 319 g/mol. The Morgan fingerprint density at radius 3 is 2.87 bits per heavy atom. The molecule has 1 aliphatic carbocycles. The molecule has 0 aromatic carbocycles. The van der Waals surface area contributed by atoms with Crippen LogP contribution in [0.2, 0.25) is 0 Å². The third-order valence-corrected chi connectivity index (χ3v) is 4.30. The highest BCUT2D eigenvalue weighted by Crippen LogP contribution is 2.20. The monoisotopic (exact) mass is 319 g/mol. The molecule has 0 spiro atoms. The quantitative estimate of drug-likeness (QED) is 0.749. The van der Waals surface area contributed by atoms with E-state index in [4.69, 9.17) is 0 Å². The van der Waals surface area contributed by atoms with Gasteiger partial charge in [-0.1, -0.05) is 18.6 Å². The maximum Gasteiger partial charge on any atom is 0.317 e. The van der Waals surface area contributed by atoms with Crippen molar-refractivity contribution in [3.63, 3.8) is 0 Å². The lowest BCUT2D eigenvalue weighted by Gasteiger charge is -2.24. The van der Waals surface area contributed by atoms with E-state index in [2.05, 4.69) is 28.5 Å². The Bertz CT molecular complexity index is 523. The number of hydrogen-bond donors (Lipinski definition) is 1. The highest BCUT2D eigenvalue weighted by atomic mass is 16.2. The van der Waals surface area contributed by atoms with Gasteiger partial charge in [-0.05, 0) is 38.5 Å². The van der Waals surface area contributed by atoms with Crippen LogP contribution in [0.5, 0.6) is 0 Å². The van der Waals surface area contributed by atoms with E-state index < -0.39 is 0 Å². The lowest BCUT2D eigenvalue weighted by molar-refractivity contribution is 0.198. The van der Waals surface area contributed by atoms with E-state index in [1.165, 1.54) is 31.3 Å². The van der Waals surface area contributed by atoms with Gasteiger partial charge in [0.1, 0.15) is 12.2 Å². The largest absolute Gasteiger partial charge is 0.338 e. The van der Waals surface area contributed by atoms with Crippen LogP contribution in [0.3, 0.4) is 0 Å². The summed E-state index contributed by atoms with van der Waals surface area (Å²) in [5.41, 5.74) is 1.52. The smallest absolute Gasteiger partial charge is 0.317 e. The molecule has 128 valence electrons. The molecule has 1 aromatic heterocycles. The molecule has 1 N–H and O–H groups in total. The third-order valence-electron chi connectivity index (χ3n) is 4.30. The van der Waals surface area contributed by atoms with Crippen molar-refractivity contribution in [1.82, 2.24) is 25.0 Å². The van der Waals surface area contributed by atoms with Crippen molar-refractivity contribution >= 4 is 6.03 Å². The molecule has 1 heterocycles. The normalized spacial score (nSPS) is 14.4. The molecule has 2 rings (SSSR count). The lowest BCUT2D eigenvalue weighted by Crippen LogP contribution is -2.42. The Labute approximate surface area is 139 Å². The number of hydrogen-bond acceptors (Lipinski definition) is 3. The standard InChI is InChI=1S/C17H29N5O/c1-3-12-22(13-10-15-7-5-4-6-8-15)17(23)18-11-9-16-20-19-14-21(16)2/h7,14H,3-6,8-13H2,1-2H3,(H,18,23). The minimum Gasteiger partial charge on any atom is -0.338 e. The van der Waals surface area contributed by atoms with Crippen LogP contribution in [-0.4, -0.2) is 45.3 Å². The molecule has 23 heavy (non-hydrogen) atoms. The van der Waals surface area contributed by atoms with Crippen LogP contribution in [0, 0.1) is 0 Å². The molecular formula is C17H29N5O. The summed E-state index contributed by atoms with van der Waals surface area (Å²) in [7, 11) is 1.92. The summed E-state index contributed by atoms with van der Waals surface area (Å²) in [6.45, 7) is 4.33. The highest BCUT2D eigenvalue weighted by Gasteiger charge is 2.13. The number of nitrogens with zero attached hydrogens (tertiary/aromatic N) is 4. The summed E-state index contributed by atoms with van der Waals surface area (Å²) in [5.74, 6) is 0.889. The number of aryl methyl sites for hydroxylation is 1. The first-order chi connectivity index (χ1) is 11.2. The molecule has 0 unspecified atom stereocenters. The number of nitrogens with one attached hydrogen (secondary N) is 1. The summed E-state index contributed by atoms with van der Waals surface area (Å²) in [4.78, 5) is 14.3. The number of amides is 2. The summed E-state index contributed by atoms with van der Waals surface area (Å²) in [5, 5.41) is 10.9. The zero-order chi connectivity index (χ0) is 16.5. The summed E-state index contributed by atoms with van der Waals surface area (Å²) in [6.07, 6.45) is 11.7. The maximum absolute atomic E-state index is 12.4. The van der Waals surface area contributed by atoms with E-state index >= 15 is 0 Å². The first-order valence-corrected chi connectivity index (χ1v) is 8.74. The van der Waals surface area contributed by atoms with Gasteiger partial charge in [0.25, 0.3) is 0 Å². The van der Waals surface area contributed by atoms with Gasteiger partial charge in [-0.3, -0.25) is 0 Å². The minimum atomic E-state index is 0.0328. The first-order valence-electron chi connectivity index (χ1n) is 8.74. The maximum atomic E-state index is 12.4. The van der Waals surface area contributed by atoms with E-state index in [0.29, 0.717) is 13.0 Å². The van der Waals surface area contributed by atoms with E-state index in [0.717, 1.165) is 31.8 Å². The van der Waals surface area contributed by atoms with Crippen molar-refractivity contribution in [2.24, 2.45) is 7.05 Å². The molecule has 0 aliphatic heterocycles. The van der Waals surface area contributed by atoms with Gasteiger partial charge in [0, 0.05) is 33.1 Å². The Morgan fingerprint density at radius 2 is 2.22 bits per heavy atom. The van der Waals surface area contributed by atoms with Crippen LogP contribution in [0.1, 0.15) is 51.3 Å². The van der Waals surface area contributed by atoms with Crippen LogP contribution in [-0.2, 0) is 13.5 Å². The molecule has 1 aliphatic rings. The second-order valence-corrected chi connectivity index (χ2v) is 6.19. The molecule has 0 fully saturated rings. The molecule has 1 aromatic rings. The van der Waals surface area contributed by atoms with Gasteiger partial charge < -0.3 is 14.8 Å². The molecule has 0 atom stereocenters. The Morgan fingerprint density at radius 1 is 1.35 bits per heavy atom. The van der Waals surface area contributed by atoms with Gasteiger partial charge in [-0.15, -0.1) is 10.2 Å². The molecular weight excluding hydrogens is 290 g/mol. The van der Waals surface area contributed by atoms with Crippen molar-refractivity contribution in [1.29, 1.82) is 0 Å². The number of allylic oxidation sites excluding steroid dienone is 1. The second kappa shape index (κ2) is 9.33. The molecule has 0 saturated heterocycles. The van der Waals surface area contributed by atoms with Crippen molar-refractivity contribution in [2.45, 2.75) is 51.9 Å². The van der Waals surface area contributed by atoms with Gasteiger partial charge in [0.05, 0.1) is 0 Å². The molecule has 0 saturated carbocycles. The van der Waals surface area contributed by atoms with Crippen molar-refractivity contribution < 1.29 is 4.79 Å². The van der Waals surface area contributed by atoms with E-state index in [-0.39, 0.29) is 6.03 Å². The summed E-state index contributed by atoms with van der Waals surface area (Å²) in [6, 6.07) is 0.0328. The fourth-order valence-corrected chi connectivity index (χ4v) is 2.92. The third kappa shape index (κ3) is 5.69. The number of carbonyl (C=O) groups is 1. The molecule has 2 amide bonds. The fraction of sp³-hybridized carbons (Fsp3) is 0.706. The van der Waals surface area contributed by atoms with Crippen LogP contribution in [0.25, 0.3) is 0 Å². The average Bonchev–Trinajstić information content (AvgIpc) is 2.97. The highest BCUT2D eigenvalue weighted by molar-refractivity contribution is 5.74. The van der Waals surface area contributed by atoms with Crippen molar-refractivity contribution in [3.05, 3.63) is 23.8 Å². The van der Waals surface area contributed by atoms with Crippen molar-refractivity contribution in [3.8, 4) is 0 Å². The minimum absolute atomic E-state index is 0.0328. The van der Waals surface area contributed by atoms with Crippen LogP contribution in [0.15, 0.2) is 18.0 Å². The van der Waals surface area contributed by atoms with Crippen molar-refractivity contribution in [2.75, 3.05) is 19.6 Å². The van der Waals surface area contributed by atoms with Gasteiger partial charge in [-0.2, -0.15) is 0 Å². The summed E-state index contributed by atoms with van der Waals surface area (Å²) < 4.78 is 1.88. The van der Waals surface area contributed by atoms with Gasteiger partial charge in [0.15, 0.2) is 0 Å². The Balaban J connectivity index is 1.75. The topological polar surface area (TPSA) is 63.1 Å². The van der Waals surface area contributed by atoms with E-state index in [9.17, 15) is 4.79 Å². The number of aromatic nitrogens is 3. The fourth-order valence-electron chi connectivity index (χ4n) is 2.92. The number of rotatable bonds is 8. The van der Waals surface area contributed by atoms with E-state index in [1.807, 2.05) is 16.5 Å². The summed E-state index contributed by atoms with van der Waals surface area (Å²) >= 11 is 0. The molecule has 0 bridgehead atoms. The number of urea groups is 1. The van der Waals surface area contributed by atoms with Gasteiger partial charge >= 0.3 is 6.03 Å². The van der Waals surface area contributed by atoms with Crippen LogP contribution < -0.4 is 5.32 Å². The predicted molar refractivity (Wildman–Crippen MR) is 91.1 cm³/mol.